The summed E-state index contributed by atoms with van der Waals surface area (Å²) in [6, 6.07) is 10.7. The number of rotatable bonds is 6. The Hall–Kier alpha value is -3.03. The summed E-state index contributed by atoms with van der Waals surface area (Å²) in [5, 5.41) is 13.8. The number of nitrogens with one attached hydrogen (secondary N) is 2. The Bertz CT molecular complexity index is 1190. The number of aryl methyl sites for hydroxylation is 1. The third kappa shape index (κ3) is 3.85. The van der Waals surface area contributed by atoms with Gasteiger partial charge in [-0.2, -0.15) is 0 Å². The third-order valence-electron chi connectivity index (χ3n) is 7.41. The minimum atomic E-state index is -0.912. The molecule has 3 heterocycles. The maximum absolute atomic E-state index is 11.6. The molecule has 0 aliphatic carbocycles. The average Bonchev–Trinajstić information content (AvgIpc) is 3.49. The van der Waals surface area contributed by atoms with E-state index in [9.17, 15) is 9.90 Å². The van der Waals surface area contributed by atoms with Crippen molar-refractivity contribution in [1.82, 2.24) is 14.8 Å². The molecule has 3 aromatic rings. The summed E-state index contributed by atoms with van der Waals surface area (Å²) in [7, 11) is 3.52. The van der Waals surface area contributed by atoms with E-state index in [2.05, 4.69) is 39.2 Å². The van der Waals surface area contributed by atoms with E-state index in [0.717, 1.165) is 43.0 Å². The van der Waals surface area contributed by atoms with Crippen molar-refractivity contribution in [1.29, 1.82) is 0 Å². The number of H-pyrrole nitrogens is 1. The molecular formula is C26H32N4O3. The van der Waals surface area contributed by atoms with Crippen LogP contribution in [0, 0.1) is 6.92 Å². The number of benzene rings is 2. The molecular weight excluding hydrogens is 416 g/mol. The number of aromatic amines is 1. The van der Waals surface area contributed by atoms with Crippen LogP contribution in [0.4, 0.5) is 5.69 Å². The van der Waals surface area contributed by atoms with E-state index in [-0.39, 0.29) is 6.04 Å². The van der Waals surface area contributed by atoms with Crippen molar-refractivity contribution in [3.63, 3.8) is 0 Å². The third-order valence-corrected chi connectivity index (χ3v) is 7.41. The van der Waals surface area contributed by atoms with Gasteiger partial charge >= 0.3 is 5.97 Å². The highest BCUT2D eigenvalue weighted by atomic mass is 16.5. The van der Waals surface area contributed by atoms with Crippen molar-refractivity contribution in [2.45, 2.75) is 38.4 Å². The Morgan fingerprint density at radius 3 is 2.88 bits per heavy atom. The molecule has 33 heavy (non-hydrogen) atoms. The van der Waals surface area contributed by atoms with Gasteiger partial charge in [-0.3, -0.25) is 9.80 Å². The number of hydrogen-bond donors (Lipinski definition) is 3. The van der Waals surface area contributed by atoms with E-state index < -0.39 is 5.97 Å². The molecule has 7 heteroatoms. The van der Waals surface area contributed by atoms with Gasteiger partial charge in [0.15, 0.2) is 0 Å². The predicted molar refractivity (Wildman–Crippen MR) is 130 cm³/mol. The molecule has 1 aromatic heterocycles. The van der Waals surface area contributed by atoms with E-state index in [0.29, 0.717) is 17.3 Å². The lowest BCUT2D eigenvalue weighted by Crippen LogP contribution is -2.51. The number of hydrogen-bond acceptors (Lipinski definition) is 5. The summed E-state index contributed by atoms with van der Waals surface area (Å²) < 4.78 is 5.83. The molecule has 2 aromatic carbocycles. The lowest BCUT2D eigenvalue weighted by Gasteiger charge is -2.44. The van der Waals surface area contributed by atoms with Crippen molar-refractivity contribution >= 4 is 22.6 Å². The number of anilines is 1. The van der Waals surface area contributed by atoms with Crippen molar-refractivity contribution in [2.24, 2.45) is 0 Å². The van der Waals surface area contributed by atoms with Crippen LogP contribution in [0.1, 0.15) is 45.9 Å². The highest BCUT2D eigenvalue weighted by Gasteiger charge is 2.37. The fourth-order valence-electron chi connectivity index (χ4n) is 5.72. The van der Waals surface area contributed by atoms with E-state index in [4.69, 9.17) is 4.74 Å². The second kappa shape index (κ2) is 8.72. The van der Waals surface area contributed by atoms with Crippen LogP contribution >= 0.6 is 0 Å². The zero-order valence-electron chi connectivity index (χ0n) is 19.5. The number of carbonyl (C=O) groups is 1. The van der Waals surface area contributed by atoms with Crippen LogP contribution in [-0.4, -0.2) is 65.7 Å². The number of piperazine rings is 1. The first-order valence-corrected chi connectivity index (χ1v) is 11.7. The molecule has 0 bridgehead atoms. The average molecular weight is 449 g/mol. The molecule has 174 valence electrons. The highest BCUT2D eigenvalue weighted by Crippen LogP contribution is 2.38. The Morgan fingerprint density at radius 1 is 1.27 bits per heavy atom. The second-order valence-electron chi connectivity index (χ2n) is 9.24. The summed E-state index contributed by atoms with van der Waals surface area (Å²) in [6.45, 7) is 5.96. The van der Waals surface area contributed by atoms with Crippen LogP contribution in [0.5, 0.6) is 5.75 Å². The summed E-state index contributed by atoms with van der Waals surface area (Å²) in [5.74, 6) is 0.00888. The highest BCUT2D eigenvalue weighted by molar-refractivity contribution is 5.94. The smallest absolute Gasteiger partial charge is 0.337 e. The van der Waals surface area contributed by atoms with Crippen LogP contribution in [-0.2, 0) is 6.54 Å². The van der Waals surface area contributed by atoms with Crippen molar-refractivity contribution in [2.75, 3.05) is 39.1 Å². The minimum absolute atomic E-state index is 0.175. The van der Waals surface area contributed by atoms with Gasteiger partial charge in [-0.05, 0) is 61.7 Å². The molecule has 3 N–H and O–H groups in total. The van der Waals surface area contributed by atoms with Gasteiger partial charge in [0.2, 0.25) is 0 Å². The van der Waals surface area contributed by atoms with Crippen molar-refractivity contribution < 1.29 is 14.6 Å². The lowest BCUT2D eigenvalue weighted by molar-refractivity contribution is 0.0446. The molecule has 7 nitrogen and oxygen atoms in total. The molecule has 2 saturated heterocycles. The number of aromatic carboxylic acids is 1. The van der Waals surface area contributed by atoms with Crippen molar-refractivity contribution in [3.8, 4) is 5.75 Å². The first-order valence-electron chi connectivity index (χ1n) is 11.7. The fourth-order valence-corrected chi connectivity index (χ4v) is 5.72. The van der Waals surface area contributed by atoms with E-state index in [1.807, 2.05) is 18.3 Å². The minimum Gasteiger partial charge on any atom is -0.496 e. The number of carboxylic acids is 1. The number of fused-ring (bicyclic) bond motifs is 2. The first-order chi connectivity index (χ1) is 16.0. The van der Waals surface area contributed by atoms with Gasteiger partial charge in [0.1, 0.15) is 5.75 Å². The van der Waals surface area contributed by atoms with Crippen LogP contribution in [0.3, 0.4) is 0 Å². The monoisotopic (exact) mass is 448 g/mol. The molecule has 0 unspecified atom stereocenters. The Kier molecular flexibility index (Phi) is 5.76. The summed E-state index contributed by atoms with van der Waals surface area (Å²) in [5.41, 5.74) is 5.64. The van der Waals surface area contributed by atoms with Crippen LogP contribution in [0.15, 0.2) is 36.5 Å². The topological polar surface area (TPSA) is 80.8 Å². The van der Waals surface area contributed by atoms with Gasteiger partial charge in [0, 0.05) is 67.1 Å². The maximum atomic E-state index is 11.6. The number of methoxy groups -OCH3 is 1. The van der Waals surface area contributed by atoms with Gasteiger partial charge < -0.3 is 20.1 Å². The van der Waals surface area contributed by atoms with Crippen molar-refractivity contribution in [3.05, 3.63) is 58.8 Å². The van der Waals surface area contributed by atoms with Gasteiger partial charge in [-0.1, -0.05) is 6.07 Å². The number of ether oxygens (including phenoxy) is 1. The van der Waals surface area contributed by atoms with E-state index >= 15 is 0 Å². The van der Waals surface area contributed by atoms with Gasteiger partial charge in [0.05, 0.1) is 12.7 Å². The molecule has 0 saturated carbocycles. The molecule has 2 atom stereocenters. The number of aromatic nitrogens is 1. The number of nitrogens with zero attached hydrogens (tertiary/aromatic N) is 2. The van der Waals surface area contributed by atoms with E-state index in [1.165, 1.54) is 29.4 Å². The number of carboxylic acid groups (broad SMARTS) is 1. The second-order valence-corrected chi connectivity index (χ2v) is 9.24. The van der Waals surface area contributed by atoms with Crippen LogP contribution < -0.4 is 10.1 Å². The molecule has 5 rings (SSSR count). The standard InChI is InChI=1S/C26H32N4O3/c1-16-11-24(33-3)21(19-8-9-28-25(16)19)14-30-13-18-5-4-10-29(18)15-23(30)17-6-7-20(26(31)32)22(12-17)27-2/h6-9,11-12,18,23,27-28H,4-5,10,13-15H2,1-3H3,(H,31,32)/t18-,23-/m0/s1. The molecule has 0 spiro atoms. The zero-order chi connectivity index (χ0) is 23.1. The Morgan fingerprint density at radius 2 is 2.12 bits per heavy atom. The Labute approximate surface area is 194 Å². The normalized spacial score (nSPS) is 21.3. The molecule has 2 aliphatic heterocycles. The maximum Gasteiger partial charge on any atom is 0.337 e. The SMILES string of the molecule is CNc1cc([C@@H]2CN3CCC[C@H]3CN2Cc2c(OC)cc(C)c3[nH]ccc23)ccc1C(=O)O. The first kappa shape index (κ1) is 21.8. The lowest BCUT2D eigenvalue weighted by atomic mass is 9.96. The predicted octanol–water partition coefficient (Wildman–Crippen LogP) is 4.25. The summed E-state index contributed by atoms with van der Waals surface area (Å²) >= 11 is 0. The van der Waals surface area contributed by atoms with Crippen LogP contribution in [0.2, 0.25) is 0 Å². The largest absolute Gasteiger partial charge is 0.496 e. The molecule has 0 amide bonds. The van der Waals surface area contributed by atoms with Gasteiger partial charge in [-0.25, -0.2) is 4.79 Å². The molecule has 2 aliphatic rings. The summed E-state index contributed by atoms with van der Waals surface area (Å²) in [4.78, 5) is 20.2. The molecule has 2 fully saturated rings. The quantitative estimate of drug-likeness (QED) is 0.523. The van der Waals surface area contributed by atoms with Crippen LogP contribution in [0.25, 0.3) is 10.9 Å². The zero-order valence-corrected chi connectivity index (χ0v) is 19.5. The van der Waals surface area contributed by atoms with Gasteiger partial charge in [-0.15, -0.1) is 0 Å². The fraction of sp³-hybridized carbons (Fsp3) is 0.423. The van der Waals surface area contributed by atoms with Gasteiger partial charge in [0.25, 0.3) is 0 Å². The Balaban J connectivity index is 1.55. The molecule has 0 radical (unpaired) electrons. The summed E-state index contributed by atoms with van der Waals surface area (Å²) in [6.07, 6.45) is 4.46. The van der Waals surface area contributed by atoms with E-state index in [1.54, 1.807) is 20.2 Å².